The summed E-state index contributed by atoms with van der Waals surface area (Å²) in [5.74, 6) is 0. The second kappa shape index (κ2) is 3.51. The Morgan fingerprint density at radius 3 is 2.55 bits per heavy atom. The first-order chi connectivity index (χ1) is 5.29. The van der Waals surface area contributed by atoms with E-state index in [0.717, 1.165) is 5.56 Å². The van der Waals surface area contributed by atoms with Gasteiger partial charge in [-0.05, 0) is 5.56 Å². The Morgan fingerprint density at radius 1 is 1.36 bits per heavy atom. The summed E-state index contributed by atoms with van der Waals surface area (Å²) in [6, 6.07) is 8.62. The highest BCUT2D eigenvalue weighted by Crippen LogP contribution is 1.93. The van der Waals surface area contributed by atoms with Crippen LogP contribution in [0.2, 0.25) is 0 Å². The lowest BCUT2D eigenvalue weighted by Gasteiger charge is -1.87. The molecule has 0 unspecified atom stereocenters. The number of aliphatic imine (C=N–C) groups is 1. The van der Waals surface area contributed by atoms with Crippen LogP contribution in [-0.4, -0.2) is 12.2 Å². The number of carbonyl (C=O) groups is 1. The molecule has 0 saturated heterocycles. The van der Waals surface area contributed by atoms with E-state index in [2.05, 4.69) is 4.99 Å². The third kappa shape index (κ3) is 2.62. The summed E-state index contributed by atoms with van der Waals surface area (Å²) < 4.78 is 0. The Hall–Kier alpha value is -1.64. The standard InChI is InChI=1S/C8H8N2O/c9-8(11)10-6-7-4-2-1-3-5-7/h1-6H,(H2,9,11)/b10-6+. The van der Waals surface area contributed by atoms with Crippen molar-refractivity contribution in [1.29, 1.82) is 0 Å². The molecule has 0 aromatic heterocycles. The molecule has 0 aliphatic carbocycles. The maximum atomic E-state index is 10.2. The molecule has 0 radical (unpaired) electrons. The molecular weight excluding hydrogens is 140 g/mol. The van der Waals surface area contributed by atoms with Crippen molar-refractivity contribution >= 4 is 12.2 Å². The van der Waals surface area contributed by atoms with E-state index < -0.39 is 6.03 Å². The van der Waals surface area contributed by atoms with Crippen LogP contribution in [0.1, 0.15) is 5.56 Å². The zero-order valence-electron chi connectivity index (χ0n) is 5.90. The van der Waals surface area contributed by atoms with Gasteiger partial charge in [0.1, 0.15) is 0 Å². The van der Waals surface area contributed by atoms with Crippen LogP contribution < -0.4 is 5.73 Å². The highest BCUT2D eigenvalue weighted by Gasteiger charge is 1.85. The molecule has 0 fully saturated rings. The summed E-state index contributed by atoms with van der Waals surface area (Å²) in [5, 5.41) is 0. The molecule has 1 aromatic carbocycles. The summed E-state index contributed by atoms with van der Waals surface area (Å²) in [5.41, 5.74) is 5.67. The Labute approximate surface area is 64.6 Å². The third-order valence-electron chi connectivity index (χ3n) is 1.14. The molecule has 2 amide bonds. The number of rotatable bonds is 1. The maximum Gasteiger partial charge on any atom is 0.338 e. The highest BCUT2D eigenvalue weighted by atomic mass is 16.2. The van der Waals surface area contributed by atoms with Crippen LogP contribution >= 0.6 is 0 Å². The highest BCUT2D eigenvalue weighted by molar-refractivity contribution is 5.90. The number of benzene rings is 1. The second-order valence-electron chi connectivity index (χ2n) is 2.01. The fourth-order valence-corrected chi connectivity index (χ4v) is 0.677. The maximum absolute atomic E-state index is 10.2. The topological polar surface area (TPSA) is 55.5 Å². The average Bonchev–Trinajstić information content (AvgIpc) is 2.03. The molecule has 1 rings (SSSR count). The fourth-order valence-electron chi connectivity index (χ4n) is 0.677. The van der Waals surface area contributed by atoms with Gasteiger partial charge in [0.2, 0.25) is 0 Å². The Bertz CT molecular complexity index is 267. The largest absolute Gasteiger partial charge is 0.350 e. The van der Waals surface area contributed by atoms with Crippen molar-refractivity contribution < 1.29 is 4.79 Å². The van der Waals surface area contributed by atoms with Crippen molar-refractivity contribution in [2.75, 3.05) is 0 Å². The summed E-state index contributed by atoms with van der Waals surface area (Å²) in [7, 11) is 0. The minimum atomic E-state index is -0.672. The van der Waals surface area contributed by atoms with Crippen LogP contribution in [0.4, 0.5) is 4.79 Å². The van der Waals surface area contributed by atoms with Gasteiger partial charge in [-0.1, -0.05) is 30.3 Å². The molecular formula is C8H8N2O. The van der Waals surface area contributed by atoms with Gasteiger partial charge in [0.05, 0.1) is 0 Å². The van der Waals surface area contributed by atoms with Crippen molar-refractivity contribution in [3.63, 3.8) is 0 Å². The quantitative estimate of drug-likeness (QED) is 0.597. The van der Waals surface area contributed by atoms with Crippen molar-refractivity contribution in [3.8, 4) is 0 Å². The lowest BCUT2D eigenvalue weighted by molar-refractivity contribution is 0.257. The first-order valence-electron chi connectivity index (χ1n) is 3.17. The van der Waals surface area contributed by atoms with Crippen molar-refractivity contribution in [2.45, 2.75) is 0 Å². The SMILES string of the molecule is NC(=O)/N=C/c1ccccc1. The Balaban J connectivity index is 2.72. The van der Waals surface area contributed by atoms with Crippen LogP contribution in [0, 0.1) is 0 Å². The van der Waals surface area contributed by atoms with E-state index in [4.69, 9.17) is 5.73 Å². The molecule has 0 aliphatic heterocycles. The lowest BCUT2D eigenvalue weighted by Crippen LogP contribution is -2.03. The van der Waals surface area contributed by atoms with E-state index >= 15 is 0 Å². The Kier molecular flexibility index (Phi) is 2.38. The van der Waals surface area contributed by atoms with Crippen LogP contribution in [0.3, 0.4) is 0 Å². The van der Waals surface area contributed by atoms with Gasteiger partial charge in [0.25, 0.3) is 0 Å². The third-order valence-corrected chi connectivity index (χ3v) is 1.14. The first kappa shape index (κ1) is 7.47. The van der Waals surface area contributed by atoms with Crippen LogP contribution in [0.25, 0.3) is 0 Å². The number of hydrogen-bond acceptors (Lipinski definition) is 1. The number of nitrogens with zero attached hydrogens (tertiary/aromatic N) is 1. The smallest absolute Gasteiger partial charge is 0.338 e. The number of primary amides is 1. The van der Waals surface area contributed by atoms with Crippen molar-refractivity contribution in [1.82, 2.24) is 0 Å². The summed E-state index contributed by atoms with van der Waals surface area (Å²) in [6.45, 7) is 0. The monoisotopic (exact) mass is 148 g/mol. The predicted molar refractivity (Wildman–Crippen MR) is 43.6 cm³/mol. The lowest BCUT2D eigenvalue weighted by atomic mass is 10.2. The molecule has 11 heavy (non-hydrogen) atoms. The van der Waals surface area contributed by atoms with Gasteiger partial charge < -0.3 is 5.73 Å². The minimum absolute atomic E-state index is 0.672. The van der Waals surface area contributed by atoms with Gasteiger partial charge in [0, 0.05) is 6.21 Å². The molecule has 0 saturated carbocycles. The van der Waals surface area contributed by atoms with Crippen molar-refractivity contribution in [3.05, 3.63) is 35.9 Å². The summed E-state index contributed by atoms with van der Waals surface area (Å²) in [6.07, 6.45) is 1.43. The van der Waals surface area contributed by atoms with Gasteiger partial charge in [0.15, 0.2) is 0 Å². The van der Waals surface area contributed by atoms with Crippen LogP contribution in [0.15, 0.2) is 35.3 Å². The van der Waals surface area contributed by atoms with Crippen LogP contribution in [0.5, 0.6) is 0 Å². The normalized spacial score (nSPS) is 10.2. The predicted octanol–water partition coefficient (Wildman–Crippen LogP) is 1.18. The fraction of sp³-hybridized carbons (Fsp3) is 0. The molecule has 56 valence electrons. The number of nitrogens with two attached hydrogens (primary N) is 1. The molecule has 2 N–H and O–H groups in total. The van der Waals surface area contributed by atoms with Crippen molar-refractivity contribution in [2.24, 2.45) is 10.7 Å². The molecule has 3 nitrogen and oxygen atoms in total. The van der Waals surface area contributed by atoms with Crippen LogP contribution in [-0.2, 0) is 0 Å². The second-order valence-corrected chi connectivity index (χ2v) is 2.01. The Morgan fingerprint density at radius 2 is 2.00 bits per heavy atom. The van der Waals surface area contributed by atoms with Gasteiger partial charge >= 0.3 is 6.03 Å². The molecule has 0 heterocycles. The number of amides is 2. The number of hydrogen-bond donors (Lipinski definition) is 1. The molecule has 0 spiro atoms. The summed E-state index contributed by atoms with van der Waals surface area (Å²) >= 11 is 0. The van der Waals surface area contributed by atoms with E-state index in [1.54, 1.807) is 0 Å². The van der Waals surface area contributed by atoms with Gasteiger partial charge in [-0.15, -0.1) is 0 Å². The van der Waals surface area contributed by atoms with E-state index in [1.807, 2.05) is 30.3 Å². The summed E-state index contributed by atoms with van der Waals surface area (Å²) in [4.78, 5) is 13.6. The van der Waals surface area contributed by atoms with E-state index in [1.165, 1.54) is 6.21 Å². The zero-order chi connectivity index (χ0) is 8.10. The molecule has 0 bridgehead atoms. The minimum Gasteiger partial charge on any atom is -0.350 e. The van der Waals surface area contributed by atoms with E-state index in [-0.39, 0.29) is 0 Å². The van der Waals surface area contributed by atoms with Gasteiger partial charge in [-0.2, -0.15) is 0 Å². The van der Waals surface area contributed by atoms with Gasteiger partial charge in [-0.25, -0.2) is 9.79 Å². The molecule has 3 heteroatoms. The first-order valence-corrected chi connectivity index (χ1v) is 3.17. The van der Waals surface area contributed by atoms with E-state index in [0.29, 0.717) is 0 Å². The van der Waals surface area contributed by atoms with E-state index in [9.17, 15) is 4.79 Å². The number of carbonyl (C=O) groups excluding carboxylic acids is 1. The number of urea groups is 1. The zero-order valence-corrected chi connectivity index (χ0v) is 5.90. The molecule has 0 aliphatic rings. The molecule has 0 atom stereocenters. The van der Waals surface area contributed by atoms with Gasteiger partial charge in [-0.3, -0.25) is 0 Å². The average molecular weight is 148 g/mol. The molecule has 1 aromatic rings.